The average molecular weight is 147 g/mol. The van der Waals surface area contributed by atoms with Gasteiger partial charge in [0.05, 0.1) is 23.6 Å². The lowest BCUT2D eigenvalue weighted by molar-refractivity contribution is 0.965. The van der Waals surface area contributed by atoms with Gasteiger partial charge in [-0.3, -0.25) is 4.98 Å². The summed E-state index contributed by atoms with van der Waals surface area (Å²) in [6.07, 6.45) is 5.46. The predicted octanol–water partition coefficient (Wildman–Crippen LogP) is 1.16. The summed E-state index contributed by atoms with van der Waals surface area (Å²) in [5.41, 5.74) is 7.51. The second-order valence-electron chi connectivity index (χ2n) is 2.59. The molecule has 0 aromatic carbocycles. The highest BCUT2D eigenvalue weighted by atomic mass is 14.9. The third kappa shape index (κ3) is 0.774. The Bertz CT molecular complexity index is 389. The summed E-state index contributed by atoms with van der Waals surface area (Å²) in [7, 11) is 1.98. The fourth-order valence-corrected chi connectivity index (χ4v) is 1.20. The van der Waals surface area contributed by atoms with Crippen LogP contribution in [0.5, 0.6) is 0 Å². The van der Waals surface area contributed by atoms with Crippen LogP contribution < -0.4 is 5.73 Å². The van der Waals surface area contributed by atoms with Crippen LogP contribution in [0.2, 0.25) is 0 Å². The summed E-state index contributed by atoms with van der Waals surface area (Å²) in [4.78, 5) is 4.00. The van der Waals surface area contributed by atoms with Crippen molar-refractivity contribution in [2.45, 2.75) is 0 Å². The minimum absolute atomic E-state index is 0.739. The molecular weight excluding hydrogens is 138 g/mol. The summed E-state index contributed by atoms with van der Waals surface area (Å²) < 4.78 is 2.00. The first-order valence-electron chi connectivity index (χ1n) is 3.43. The summed E-state index contributed by atoms with van der Waals surface area (Å²) in [6, 6.07) is 1.99. The molecule has 3 nitrogen and oxygen atoms in total. The zero-order valence-electron chi connectivity index (χ0n) is 6.28. The van der Waals surface area contributed by atoms with Crippen LogP contribution in [-0.4, -0.2) is 9.55 Å². The van der Waals surface area contributed by atoms with Crippen molar-refractivity contribution in [2.24, 2.45) is 7.05 Å². The monoisotopic (exact) mass is 147 g/mol. The molecule has 0 aliphatic carbocycles. The number of nitrogens with zero attached hydrogens (tertiary/aromatic N) is 2. The number of hydrogen-bond acceptors (Lipinski definition) is 2. The molecule has 56 valence electrons. The van der Waals surface area contributed by atoms with Crippen molar-refractivity contribution in [3.63, 3.8) is 0 Å². The topological polar surface area (TPSA) is 43.8 Å². The van der Waals surface area contributed by atoms with Crippen molar-refractivity contribution in [3.8, 4) is 0 Å². The minimum atomic E-state index is 0.739. The molecule has 2 rings (SSSR count). The maximum absolute atomic E-state index is 5.69. The van der Waals surface area contributed by atoms with E-state index in [0.29, 0.717) is 0 Å². The molecule has 3 heteroatoms. The van der Waals surface area contributed by atoms with E-state index in [-0.39, 0.29) is 0 Å². The summed E-state index contributed by atoms with van der Waals surface area (Å²) in [5.74, 6) is 0. The molecule has 2 N–H and O–H groups in total. The van der Waals surface area contributed by atoms with Crippen molar-refractivity contribution >= 4 is 16.6 Å². The van der Waals surface area contributed by atoms with Crippen LogP contribution in [0.25, 0.3) is 10.9 Å². The zero-order valence-corrected chi connectivity index (χ0v) is 6.28. The Morgan fingerprint density at radius 2 is 2.27 bits per heavy atom. The van der Waals surface area contributed by atoms with E-state index in [1.807, 2.05) is 30.1 Å². The van der Waals surface area contributed by atoms with Gasteiger partial charge >= 0.3 is 0 Å². The Kier molecular flexibility index (Phi) is 1.12. The highest BCUT2D eigenvalue weighted by Crippen LogP contribution is 2.18. The first kappa shape index (κ1) is 6.22. The Morgan fingerprint density at radius 1 is 1.45 bits per heavy atom. The summed E-state index contributed by atoms with van der Waals surface area (Å²) in [5, 5.41) is 1.07. The quantitative estimate of drug-likeness (QED) is 0.607. The van der Waals surface area contributed by atoms with Gasteiger partial charge in [-0.05, 0) is 6.07 Å². The lowest BCUT2D eigenvalue weighted by atomic mass is 10.3. The largest absolute Gasteiger partial charge is 0.397 e. The lowest BCUT2D eigenvalue weighted by Gasteiger charge is -1.96. The predicted molar refractivity (Wildman–Crippen MR) is 45.1 cm³/mol. The average Bonchev–Trinajstić information content (AvgIpc) is 2.35. The van der Waals surface area contributed by atoms with Gasteiger partial charge in [0.1, 0.15) is 0 Å². The van der Waals surface area contributed by atoms with Crippen molar-refractivity contribution in [3.05, 3.63) is 24.7 Å². The van der Waals surface area contributed by atoms with Crippen molar-refractivity contribution in [1.29, 1.82) is 0 Å². The number of nitrogen functional groups attached to an aromatic ring is 1. The molecule has 0 radical (unpaired) electrons. The maximum atomic E-state index is 5.69. The maximum Gasteiger partial charge on any atom is 0.0684 e. The smallest absolute Gasteiger partial charge is 0.0684 e. The summed E-state index contributed by atoms with van der Waals surface area (Å²) >= 11 is 0. The number of pyridine rings is 1. The van der Waals surface area contributed by atoms with Crippen LogP contribution in [0.15, 0.2) is 24.7 Å². The van der Waals surface area contributed by atoms with Crippen molar-refractivity contribution in [2.75, 3.05) is 5.73 Å². The van der Waals surface area contributed by atoms with E-state index in [0.717, 1.165) is 16.6 Å². The fourth-order valence-electron chi connectivity index (χ4n) is 1.20. The van der Waals surface area contributed by atoms with Gasteiger partial charge in [0.15, 0.2) is 0 Å². The number of fused-ring (bicyclic) bond motifs is 1. The molecule has 0 fully saturated rings. The van der Waals surface area contributed by atoms with E-state index < -0.39 is 0 Å². The summed E-state index contributed by atoms with van der Waals surface area (Å²) in [6.45, 7) is 0. The molecule has 0 unspecified atom stereocenters. The van der Waals surface area contributed by atoms with E-state index in [4.69, 9.17) is 5.73 Å². The Morgan fingerprint density at radius 3 is 3.00 bits per heavy atom. The van der Waals surface area contributed by atoms with Crippen LogP contribution >= 0.6 is 0 Å². The molecule has 0 bridgehead atoms. The van der Waals surface area contributed by atoms with Gasteiger partial charge in [-0.2, -0.15) is 0 Å². The Hall–Kier alpha value is -1.51. The fraction of sp³-hybridized carbons (Fsp3) is 0.125. The van der Waals surface area contributed by atoms with Crippen LogP contribution in [0.3, 0.4) is 0 Å². The van der Waals surface area contributed by atoms with Gasteiger partial charge in [-0.15, -0.1) is 0 Å². The van der Waals surface area contributed by atoms with Gasteiger partial charge in [-0.25, -0.2) is 0 Å². The molecule has 0 saturated carbocycles. The molecular formula is C8H9N3. The van der Waals surface area contributed by atoms with E-state index in [1.54, 1.807) is 6.20 Å². The molecule has 2 aromatic heterocycles. The molecule has 0 aliphatic heterocycles. The molecule has 2 aromatic rings. The van der Waals surface area contributed by atoms with Gasteiger partial charge in [0.25, 0.3) is 0 Å². The molecule has 0 atom stereocenters. The SMILES string of the molecule is Cn1ccc2c(N)cncc21. The number of anilines is 1. The number of aromatic nitrogens is 2. The molecule has 11 heavy (non-hydrogen) atoms. The van der Waals surface area contributed by atoms with Gasteiger partial charge in [-0.1, -0.05) is 0 Å². The molecule has 2 heterocycles. The normalized spacial score (nSPS) is 10.6. The molecule has 0 aliphatic rings. The minimum Gasteiger partial charge on any atom is -0.397 e. The lowest BCUT2D eigenvalue weighted by Crippen LogP contribution is -1.89. The number of aryl methyl sites for hydroxylation is 1. The second-order valence-corrected chi connectivity index (χ2v) is 2.59. The zero-order chi connectivity index (χ0) is 7.84. The van der Waals surface area contributed by atoms with Gasteiger partial charge < -0.3 is 10.3 Å². The number of nitrogens with two attached hydrogens (primary N) is 1. The molecule has 0 saturated heterocycles. The number of hydrogen-bond donors (Lipinski definition) is 1. The van der Waals surface area contributed by atoms with Crippen LogP contribution in [0.1, 0.15) is 0 Å². The van der Waals surface area contributed by atoms with E-state index in [1.165, 1.54) is 0 Å². The standard InChI is InChI=1S/C8H9N3/c1-11-3-2-6-7(9)4-10-5-8(6)11/h2-5H,9H2,1H3. The Labute approximate surface area is 64.5 Å². The van der Waals surface area contributed by atoms with Crippen LogP contribution in [0.4, 0.5) is 5.69 Å². The first-order chi connectivity index (χ1) is 5.29. The van der Waals surface area contributed by atoms with Crippen LogP contribution in [0, 0.1) is 0 Å². The Balaban J connectivity index is 2.94. The van der Waals surface area contributed by atoms with E-state index in [2.05, 4.69) is 4.98 Å². The van der Waals surface area contributed by atoms with E-state index in [9.17, 15) is 0 Å². The van der Waals surface area contributed by atoms with Gasteiger partial charge in [0.2, 0.25) is 0 Å². The second kappa shape index (κ2) is 1.99. The third-order valence-electron chi connectivity index (χ3n) is 1.84. The number of rotatable bonds is 0. The van der Waals surface area contributed by atoms with Crippen molar-refractivity contribution in [1.82, 2.24) is 9.55 Å². The third-order valence-corrected chi connectivity index (χ3v) is 1.84. The highest BCUT2D eigenvalue weighted by molar-refractivity contribution is 5.89. The first-order valence-corrected chi connectivity index (χ1v) is 3.43. The van der Waals surface area contributed by atoms with Crippen molar-refractivity contribution < 1.29 is 0 Å². The molecule has 0 amide bonds. The van der Waals surface area contributed by atoms with Crippen LogP contribution in [-0.2, 0) is 7.05 Å². The van der Waals surface area contributed by atoms with E-state index >= 15 is 0 Å². The highest BCUT2D eigenvalue weighted by Gasteiger charge is 1.99. The molecule has 0 spiro atoms. The van der Waals surface area contributed by atoms with Gasteiger partial charge in [0, 0.05) is 18.6 Å².